The van der Waals surface area contributed by atoms with Crippen molar-refractivity contribution in [2.45, 2.75) is 51.1 Å². The van der Waals surface area contributed by atoms with E-state index in [-0.39, 0.29) is 24.0 Å². The number of halogens is 1. The SMILES string of the molecule is COc1cccc(CN=C(N)NC2CCCCCC2)c1.I. The first-order valence-corrected chi connectivity index (χ1v) is 7.47. The molecule has 0 spiro atoms. The van der Waals surface area contributed by atoms with Crippen molar-refractivity contribution < 1.29 is 4.74 Å². The first-order valence-electron chi connectivity index (χ1n) is 7.47. The van der Waals surface area contributed by atoms with E-state index in [0.29, 0.717) is 18.5 Å². The van der Waals surface area contributed by atoms with Crippen LogP contribution in [0, 0.1) is 0 Å². The summed E-state index contributed by atoms with van der Waals surface area (Å²) in [6, 6.07) is 8.42. The molecule has 0 bridgehead atoms. The highest BCUT2D eigenvalue weighted by atomic mass is 127. The zero-order valence-corrected chi connectivity index (χ0v) is 15.0. The Morgan fingerprint density at radius 1 is 1.29 bits per heavy atom. The van der Waals surface area contributed by atoms with Gasteiger partial charge >= 0.3 is 0 Å². The molecule has 0 heterocycles. The third-order valence-electron chi connectivity index (χ3n) is 3.77. The van der Waals surface area contributed by atoms with Crippen LogP contribution < -0.4 is 15.8 Å². The van der Waals surface area contributed by atoms with E-state index in [0.717, 1.165) is 11.3 Å². The lowest BCUT2D eigenvalue weighted by Crippen LogP contribution is -2.39. The molecule has 0 atom stereocenters. The minimum absolute atomic E-state index is 0. The van der Waals surface area contributed by atoms with E-state index in [9.17, 15) is 0 Å². The Kier molecular flexibility index (Phi) is 8.49. The summed E-state index contributed by atoms with van der Waals surface area (Å²) in [6.07, 6.45) is 7.69. The summed E-state index contributed by atoms with van der Waals surface area (Å²) in [5, 5.41) is 3.35. The smallest absolute Gasteiger partial charge is 0.189 e. The van der Waals surface area contributed by atoms with Crippen LogP contribution in [0.2, 0.25) is 0 Å². The molecule has 1 aliphatic carbocycles. The normalized spacial score (nSPS) is 16.7. The number of benzene rings is 1. The molecule has 1 aliphatic rings. The van der Waals surface area contributed by atoms with Gasteiger partial charge in [0.25, 0.3) is 0 Å². The first kappa shape index (κ1) is 18.1. The van der Waals surface area contributed by atoms with Gasteiger partial charge in [-0.25, -0.2) is 4.99 Å². The van der Waals surface area contributed by atoms with E-state index in [1.807, 2.05) is 24.3 Å². The fraction of sp³-hybridized carbons (Fsp3) is 0.562. The van der Waals surface area contributed by atoms with Crippen LogP contribution in [0.5, 0.6) is 5.75 Å². The summed E-state index contributed by atoms with van der Waals surface area (Å²) < 4.78 is 5.20. The number of aliphatic imine (C=N–C) groups is 1. The van der Waals surface area contributed by atoms with Gasteiger partial charge in [-0.15, -0.1) is 24.0 Å². The van der Waals surface area contributed by atoms with Gasteiger partial charge in [-0.05, 0) is 30.5 Å². The number of hydrogen-bond donors (Lipinski definition) is 2. The predicted octanol–water partition coefficient (Wildman–Crippen LogP) is 3.44. The predicted molar refractivity (Wildman–Crippen MR) is 98.4 cm³/mol. The van der Waals surface area contributed by atoms with Crippen LogP contribution in [0.1, 0.15) is 44.1 Å². The van der Waals surface area contributed by atoms with Gasteiger partial charge in [-0.1, -0.05) is 37.8 Å². The number of rotatable bonds is 4. The number of hydrogen-bond acceptors (Lipinski definition) is 2. The van der Waals surface area contributed by atoms with Crippen molar-refractivity contribution in [3.63, 3.8) is 0 Å². The minimum atomic E-state index is 0. The molecule has 0 unspecified atom stereocenters. The van der Waals surface area contributed by atoms with Gasteiger partial charge in [0.05, 0.1) is 13.7 Å². The Hall–Kier alpha value is -0.980. The fourth-order valence-corrected chi connectivity index (χ4v) is 2.63. The Morgan fingerprint density at radius 3 is 2.67 bits per heavy atom. The molecule has 0 saturated heterocycles. The van der Waals surface area contributed by atoms with Gasteiger partial charge in [0.2, 0.25) is 0 Å². The van der Waals surface area contributed by atoms with Crippen molar-refractivity contribution in [2.24, 2.45) is 10.7 Å². The molecule has 0 aliphatic heterocycles. The van der Waals surface area contributed by atoms with Crippen LogP contribution in [0.4, 0.5) is 0 Å². The fourth-order valence-electron chi connectivity index (χ4n) is 2.63. The van der Waals surface area contributed by atoms with Crippen LogP contribution in [0.3, 0.4) is 0 Å². The average Bonchev–Trinajstić information content (AvgIpc) is 2.74. The second kappa shape index (κ2) is 9.87. The van der Waals surface area contributed by atoms with Crippen LogP contribution >= 0.6 is 24.0 Å². The van der Waals surface area contributed by atoms with Crippen LogP contribution in [-0.4, -0.2) is 19.1 Å². The van der Waals surface area contributed by atoms with E-state index >= 15 is 0 Å². The lowest BCUT2D eigenvalue weighted by atomic mass is 10.1. The van der Waals surface area contributed by atoms with Crippen LogP contribution in [0.15, 0.2) is 29.3 Å². The highest BCUT2D eigenvalue weighted by molar-refractivity contribution is 14.0. The highest BCUT2D eigenvalue weighted by Gasteiger charge is 2.12. The van der Waals surface area contributed by atoms with E-state index in [1.165, 1.54) is 38.5 Å². The molecule has 5 heteroatoms. The molecule has 4 nitrogen and oxygen atoms in total. The maximum atomic E-state index is 5.98. The molecule has 0 aromatic heterocycles. The molecule has 1 aromatic carbocycles. The van der Waals surface area contributed by atoms with Crippen molar-refractivity contribution >= 4 is 29.9 Å². The van der Waals surface area contributed by atoms with Crippen molar-refractivity contribution in [1.82, 2.24) is 5.32 Å². The van der Waals surface area contributed by atoms with Crippen molar-refractivity contribution in [3.8, 4) is 5.75 Å². The van der Waals surface area contributed by atoms with E-state index in [1.54, 1.807) is 7.11 Å². The van der Waals surface area contributed by atoms with Crippen LogP contribution in [0.25, 0.3) is 0 Å². The van der Waals surface area contributed by atoms with Crippen LogP contribution in [-0.2, 0) is 6.54 Å². The molecule has 1 saturated carbocycles. The van der Waals surface area contributed by atoms with Gasteiger partial charge in [-0.3, -0.25) is 0 Å². The van der Waals surface area contributed by atoms with Gasteiger partial charge < -0.3 is 15.8 Å². The number of nitrogens with two attached hydrogens (primary N) is 1. The second-order valence-electron chi connectivity index (χ2n) is 5.39. The average molecular weight is 403 g/mol. The minimum Gasteiger partial charge on any atom is -0.497 e. The molecular formula is C16H26IN3O. The summed E-state index contributed by atoms with van der Waals surface area (Å²) in [5.74, 6) is 1.41. The highest BCUT2D eigenvalue weighted by Crippen LogP contribution is 2.17. The number of guanidine groups is 1. The van der Waals surface area contributed by atoms with E-state index in [2.05, 4.69) is 10.3 Å². The molecule has 3 N–H and O–H groups in total. The summed E-state index contributed by atoms with van der Waals surface area (Å²) in [4.78, 5) is 4.42. The molecule has 2 rings (SSSR count). The number of nitrogens with zero attached hydrogens (tertiary/aromatic N) is 1. The molecular weight excluding hydrogens is 377 g/mol. The molecule has 1 fully saturated rings. The second-order valence-corrected chi connectivity index (χ2v) is 5.39. The van der Waals surface area contributed by atoms with Gasteiger partial charge in [0.15, 0.2) is 5.96 Å². The maximum Gasteiger partial charge on any atom is 0.189 e. The molecule has 1 aromatic rings. The van der Waals surface area contributed by atoms with E-state index in [4.69, 9.17) is 10.5 Å². The maximum absolute atomic E-state index is 5.98. The number of nitrogens with one attached hydrogen (secondary N) is 1. The molecule has 21 heavy (non-hydrogen) atoms. The topological polar surface area (TPSA) is 59.6 Å². The standard InChI is InChI=1S/C16H25N3O.HI/c1-20-15-10-6-7-13(11-15)12-18-16(17)19-14-8-4-2-3-5-9-14;/h6-7,10-11,14H,2-5,8-9,12H2,1H3,(H3,17,18,19);1H. The van der Waals surface area contributed by atoms with Crippen molar-refractivity contribution in [2.75, 3.05) is 7.11 Å². The Balaban J connectivity index is 0.00000220. The first-order chi connectivity index (χ1) is 9.78. The van der Waals surface area contributed by atoms with Gasteiger partial charge in [-0.2, -0.15) is 0 Å². The lowest BCUT2D eigenvalue weighted by molar-refractivity contribution is 0.414. The monoisotopic (exact) mass is 403 g/mol. The Labute approximate surface area is 144 Å². The number of ether oxygens (including phenoxy) is 1. The zero-order valence-electron chi connectivity index (χ0n) is 12.7. The summed E-state index contributed by atoms with van der Waals surface area (Å²) in [5.41, 5.74) is 7.09. The van der Waals surface area contributed by atoms with Crippen molar-refractivity contribution in [3.05, 3.63) is 29.8 Å². The Bertz CT molecular complexity index is 443. The summed E-state index contributed by atoms with van der Waals surface area (Å²) >= 11 is 0. The molecule has 118 valence electrons. The van der Waals surface area contributed by atoms with E-state index < -0.39 is 0 Å². The lowest BCUT2D eigenvalue weighted by Gasteiger charge is -2.16. The summed E-state index contributed by atoms with van der Waals surface area (Å²) in [7, 11) is 1.67. The quantitative estimate of drug-likeness (QED) is 0.351. The third kappa shape index (κ3) is 6.54. The largest absolute Gasteiger partial charge is 0.497 e. The zero-order chi connectivity index (χ0) is 14.2. The third-order valence-corrected chi connectivity index (χ3v) is 3.77. The summed E-state index contributed by atoms with van der Waals surface area (Å²) in [6.45, 7) is 0.586. The molecule has 0 amide bonds. The Morgan fingerprint density at radius 2 is 2.00 bits per heavy atom. The van der Waals surface area contributed by atoms with Crippen molar-refractivity contribution in [1.29, 1.82) is 0 Å². The van der Waals surface area contributed by atoms with Gasteiger partial charge in [0, 0.05) is 6.04 Å². The number of methoxy groups -OCH3 is 1. The molecule has 0 radical (unpaired) electrons. The van der Waals surface area contributed by atoms with Gasteiger partial charge in [0.1, 0.15) is 5.75 Å².